The molecule has 156 valence electrons. The number of hydrogen-bond donors (Lipinski definition) is 2. The predicted octanol–water partition coefficient (Wildman–Crippen LogP) is 3.47. The number of hydrogen-bond acceptors (Lipinski definition) is 4. The number of nitrogens with zero attached hydrogens (tertiary/aromatic N) is 1. The van der Waals surface area contributed by atoms with Gasteiger partial charge in [0.1, 0.15) is 11.9 Å². The first-order valence-corrected chi connectivity index (χ1v) is 11.6. The maximum atomic E-state index is 12.9. The third-order valence-electron chi connectivity index (χ3n) is 5.19. The van der Waals surface area contributed by atoms with Crippen LogP contribution in [0.25, 0.3) is 0 Å². The minimum Gasteiger partial charge on any atom is -0.352 e. The van der Waals surface area contributed by atoms with Crippen molar-refractivity contribution in [2.45, 2.75) is 77.3 Å². The molecule has 1 aliphatic heterocycles. The second-order valence-electron chi connectivity index (χ2n) is 8.14. The summed E-state index contributed by atoms with van der Waals surface area (Å²) in [6.45, 7) is 10.4. The highest BCUT2D eigenvalue weighted by Crippen LogP contribution is 2.24. The largest absolute Gasteiger partial charge is 0.352 e. The molecule has 28 heavy (non-hydrogen) atoms. The molecule has 1 aromatic rings. The van der Waals surface area contributed by atoms with E-state index in [1.165, 1.54) is 0 Å². The zero-order valence-electron chi connectivity index (χ0n) is 17.5. The van der Waals surface area contributed by atoms with Crippen LogP contribution in [0.1, 0.15) is 65.9 Å². The summed E-state index contributed by atoms with van der Waals surface area (Å²) in [5, 5.41) is 3.06. The second kappa shape index (κ2) is 9.54. The molecular weight excluding hydrogens is 374 g/mol. The van der Waals surface area contributed by atoms with Crippen LogP contribution in [0, 0.1) is 11.8 Å². The van der Waals surface area contributed by atoms with Crippen molar-refractivity contribution in [1.82, 2.24) is 10.0 Å². The Kier molecular flexibility index (Phi) is 7.63. The molecule has 0 aromatic heterocycles. The van der Waals surface area contributed by atoms with Crippen LogP contribution < -0.4 is 10.0 Å². The van der Waals surface area contributed by atoms with Crippen LogP contribution >= 0.6 is 0 Å². The average molecular weight is 408 g/mol. The molecule has 6 nitrogen and oxygen atoms in total. The van der Waals surface area contributed by atoms with Gasteiger partial charge in [-0.1, -0.05) is 59.1 Å². The van der Waals surface area contributed by atoms with Crippen molar-refractivity contribution < 1.29 is 13.2 Å². The van der Waals surface area contributed by atoms with Crippen LogP contribution in [0.2, 0.25) is 0 Å². The van der Waals surface area contributed by atoms with Crippen molar-refractivity contribution in [3.63, 3.8) is 0 Å². The second-order valence-corrected chi connectivity index (χ2v) is 9.79. The standard InChI is InChI=1S/C21H33N3O3S/c1-6-15(4)19(21(25)22-16(5)11-9-10-14(2)3)23-20-17-12-7-8-13-18(17)28(26,27)24-20/h7-8,12-16,19H,6,9-11H2,1-5H3,(H,22,25)(H,23,24)/t15-,16?,19-/m0/s1. The van der Waals surface area contributed by atoms with Gasteiger partial charge in [-0.15, -0.1) is 0 Å². The molecule has 1 aromatic carbocycles. The predicted molar refractivity (Wildman–Crippen MR) is 113 cm³/mol. The van der Waals surface area contributed by atoms with E-state index in [-0.39, 0.29) is 28.6 Å². The maximum Gasteiger partial charge on any atom is 0.263 e. The Bertz CT molecular complexity index is 818. The molecule has 1 heterocycles. The molecule has 0 spiro atoms. The molecule has 0 saturated heterocycles. The molecule has 2 rings (SSSR count). The Morgan fingerprint density at radius 1 is 1.14 bits per heavy atom. The molecule has 7 heteroatoms. The Morgan fingerprint density at radius 2 is 1.82 bits per heavy atom. The summed E-state index contributed by atoms with van der Waals surface area (Å²) in [5.41, 5.74) is 0.522. The first-order valence-electron chi connectivity index (χ1n) is 10.2. The van der Waals surface area contributed by atoms with Crippen molar-refractivity contribution in [1.29, 1.82) is 0 Å². The number of carbonyl (C=O) groups excluding carboxylic acids is 1. The summed E-state index contributed by atoms with van der Waals surface area (Å²) >= 11 is 0. The van der Waals surface area contributed by atoms with Crippen LogP contribution in [0.15, 0.2) is 34.2 Å². The highest BCUT2D eigenvalue weighted by Gasteiger charge is 2.33. The summed E-state index contributed by atoms with van der Waals surface area (Å²) in [6.07, 6.45) is 3.89. The molecule has 0 saturated carbocycles. The van der Waals surface area contributed by atoms with E-state index in [1.54, 1.807) is 24.3 Å². The van der Waals surface area contributed by atoms with Crippen molar-refractivity contribution in [2.75, 3.05) is 0 Å². The number of sulfonamides is 1. The molecule has 3 atom stereocenters. The van der Waals surface area contributed by atoms with Gasteiger partial charge in [-0.05, 0) is 37.3 Å². The molecule has 0 fully saturated rings. The lowest BCUT2D eigenvalue weighted by Gasteiger charge is -2.22. The Morgan fingerprint density at radius 3 is 2.46 bits per heavy atom. The molecule has 0 aliphatic carbocycles. The van der Waals surface area contributed by atoms with Gasteiger partial charge in [-0.3, -0.25) is 14.5 Å². The third-order valence-corrected chi connectivity index (χ3v) is 6.59. The highest BCUT2D eigenvalue weighted by molar-refractivity contribution is 7.90. The fraction of sp³-hybridized carbons (Fsp3) is 0.619. The summed E-state index contributed by atoms with van der Waals surface area (Å²) in [6, 6.07) is 6.14. The fourth-order valence-corrected chi connectivity index (χ4v) is 4.51. The first-order chi connectivity index (χ1) is 13.2. The van der Waals surface area contributed by atoms with E-state index in [2.05, 4.69) is 28.9 Å². The summed E-state index contributed by atoms with van der Waals surface area (Å²) in [7, 11) is -3.61. The van der Waals surface area contributed by atoms with Gasteiger partial charge in [0.05, 0.1) is 4.90 Å². The van der Waals surface area contributed by atoms with Crippen LogP contribution in [-0.4, -0.2) is 32.2 Å². The number of aliphatic imine (C=N–C) groups is 1. The zero-order valence-corrected chi connectivity index (χ0v) is 18.3. The van der Waals surface area contributed by atoms with Gasteiger partial charge in [0.25, 0.3) is 10.0 Å². The SMILES string of the molecule is CC[C@H](C)[C@H](N=C1NS(=O)(=O)c2ccccc21)C(=O)NC(C)CCCC(C)C. The van der Waals surface area contributed by atoms with E-state index in [0.29, 0.717) is 11.5 Å². The van der Waals surface area contributed by atoms with Gasteiger partial charge in [0, 0.05) is 11.6 Å². The minimum atomic E-state index is -3.61. The molecule has 0 bridgehead atoms. The Balaban J connectivity index is 2.19. The Labute approximate surface area is 169 Å². The fourth-order valence-electron chi connectivity index (χ4n) is 3.27. The van der Waals surface area contributed by atoms with Crippen LogP contribution in [-0.2, 0) is 14.8 Å². The molecular formula is C21H33N3O3S. The van der Waals surface area contributed by atoms with E-state index >= 15 is 0 Å². The smallest absolute Gasteiger partial charge is 0.263 e. The molecule has 1 amide bonds. The van der Waals surface area contributed by atoms with Crippen molar-refractivity contribution in [3.05, 3.63) is 29.8 Å². The number of benzene rings is 1. The topological polar surface area (TPSA) is 87.6 Å². The van der Waals surface area contributed by atoms with Gasteiger partial charge in [-0.2, -0.15) is 0 Å². The molecule has 2 N–H and O–H groups in total. The van der Waals surface area contributed by atoms with E-state index in [0.717, 1.165) is 25.7 Å². The lowest BCUT2D eigenvalue weighted by molar-refractivity contribution is -0.124. The van der Waals surface area contributed by atoms with E-state index < -0.39 is 16.1 Å². The number of amides is 1. The minimum absolute atomic E-state index is 0.00682. The van der Waals surface area contributed by atoms with Crippen LogP contribution in [0.3, 0.4) is 0 Å². The Hall–Kier alpha value is -1.89. The van der Waals surface area contributed by atoms with E-state index in [1.807, 2.05) is 20.8 Å². The van der Waals surface area contributed by atoms with Crippen molar-refractivity contribution in [3.8, 4) is 0 Å². The normalized spacial score (nSPS) is 19.7. The van der Waals surface area contributed by atoms with Gasteiger partial charge >= 0.3 is 0 Å². The van der Waals surface area contributed by atoms with Gasteiger partial charge < -0.3 is 5.32 Å². The average Bonchev–Trinajstić information content (AvgIpc) is 2.89. The van der Waals surface area contributed by atoms with Gasteiger partial charge in [0.2, 0.25) is 5.91 Å². The number of amidine groups is 1. The maximum absolute atomic E-state index is 12.9. The quantitative estimate of drug-likeness (QED) is 0.657. The molecule has 0 radical (unpaired) electrons. The van der Waals surface area contributed by atoms with E-state index in [9.17, 15) is 13.2 Å². The third kappa shape index (κ3) is 5.56. The number of rotatable bonds is 9. The van der Waals surface area contributed by atoms with Crippen LogP contribution in [0.5, 0.6) is 0 Å². The van der Waals surface area contributed by atoms with Crippen molar-refractivity contribution >= 4 is 21.8 Å². The molecule has 1 unspecified atom stereocenters. The highest BCUT2D eigenvalue weighted by atomic mass is 32.2. The summed E-state index contributed by atoms with van der Waals surface area (Å²) < 4.78 is 27.1. The van der Waals surface area contributed by atoms with Gasteiger partial charge in [0.15, 0.2) is 0 Å². The van der Waals surface area contributed by atoms with Crippen LogP contribution in [0.4, 0.5) is 0 Å². The molecule has 1 aliphatic rings. The summed E-state index contributed by atoms with van der Waals surface area (Å²) in [5.74, 6) is 0.747. The summed E-state index contributed by atoms with van der Waals surface area (Å²) in [4.78, 5) is 17.7. The number of fused-ring (bicyclic) bond motifs is 1. The van der Waals surface area contributed by atoms with Gasteiger partial charge in [-0.25, -0.2) is 8.42 Å². The number of nitrogens with one attached hydrogen (secondary N) is 2. The number of carbonyl (C=O) groups is 1. The first kappa shape index (κ1) is 22.4. The van der Waals surface area contributed by atoms with Crippen molar-refractivity contribution in [2.24, 2.45) is 16.8 Å². The lowest BCUT2D eigenvalue weighted by atomic mass is 9.97. The lowest BCUT2D eigenvalue weighted by Crippen LogP contribution is -2.43. The zero-order chi connectivity index (χ0) is 20.9. The monoisotopic (exact) mass is 407 g/mol. The van der Waals surface area contributed by atoms with E-state index in [4.69, 9.17) is 0 Å².